The summed E-state index contributed by atoms with van der Waals surface area (Å²) >= 11 is 6.15. The van der Waals surface area contributed by atoms with Gasteiger partial charge in [0, 0.05) is 18.0 Å². The number of aryl methyl sites for hydroxylation is 1. The van der Waals surface area contributed by atoms with E-state index in [1.54, 1.807) is 12.1 Å². The summed E-state index contributed by atoms with van der Waals surface area (Å²) in [6.07, 6.45) is 2.66. The molecule has 0 atom stereocenters. The average Bonchev–Trinajstić information content (AvgIpc) is 2.67. The van der Waals surface area contributed by atoms with E-state index in [0.717, 1.165) is 5.56 Å². The van der Waals surface area contributed by atoms with Gasteiger partial charge in [0.2, 0.25) is 0 Å². The van der Waals surface area contributed by atoms with E-state index in [9.17, 15) is 18.0 Å². The van der Waals surface area contributed by atoms with Crippen molar-refractivity contribution in [1.29, 1.82) is 0 Å². The van der Waals surface area contributed by atoms with Gasteiger partial charge in [-0.2, -0.15) is 8.42 Å². The largest absolute Gasteiger partial charge is 0.378 e. The molecule has 1 aliphatic carbocycles. The molecular weight excluding hydrogens is 402 g/mol. The molecule has 0 amide bonds. The first-order chi connectivity index (χ1) is 13.3. The monoisotopic (exact) mass is 413 g/mol. The molecular formula is C20H12ClNO5S. The summed E-state index contributed by atoms with van der Waals surface area (Å²) in [5.41, 5.74) is 0.845. The van der Waals surface area contributed by atoms with Crippen LogP contribution in [-0.4, -0.2) is 25.0 Å². The molecule has 140 valence electrons. The first kappa shape index (κ1) is 18.3. The summed E-state index contributed by atoms with van der Waals surface area (Å²) in [6, 6.07) is 10.1. The number of pyridine rings is 1. The van der Waals surface area contributed by atoms with Crippen LogP contribution in [0.2, 0.25) is 5.02 Å². The van der Waals surface area contributed by atoms with Crippen LogP contribution in [0, 0.1) is 6.92 Å². The number of halogens is 1. The van der Waals surface area contributed by atoms with Gasteiger partial charge >= 0.3 is 10.1 Å². The third-order valence-electron chi connectivity index (χ3n) is 4.39. The SMILES string of the molecule is Cc1ccc(S(=O)(=O)Oc2ccc(Cl)c3c2C(=O)c2ccncc2C3=O)cc1. The van der Waals surface area contributed by atoms with Crippen molar-refractivity contribution in [2.45, 2.75) is 11.8 Å². The second kappa shape index (κ2) is 6.54. The van der Waals surface area contributed by atoms with Gasteiger partial charge in [0.25, 0.3) is 0 Å². The Hall–Kier alpha value is -3.03. The van der Waals surface area contributed by atoms with Crippen LogP contribution >= 0.6 is 11.6 Å². The lowest BCUT2D eigenvalue weighted by Gasteiger charge is -2.20. The maximum absolute atomic E-state index is 13.0. The lowest BCUT2D eigenvalue weighted by atomic mass is 9.84. The summed E-state index contributed by atoms with van der Waals surface area (Å²) in [5.74, 6) is -1.31. The highest BCUT2D eigenvalue weighted by Gasteiger charge is 2.35. The van der Waals surface area contributed by atoms with Crippen LogP contribution in [-0.2, 0) is 10.1 Å². The van der Waals surface area contributed by atoms with Crippen molar-refractivity contribution in [3.8, 4) is 5.75 Å². The van der Waals surface area contributed by atoms with Crippen LogP contribution in [0.15, 0.2) is 59.8 Å². The highest BCUT2D eigenvalue weighted by atomic mass is 35.5. The minimum atomic E-state index is -4.21. The molecule has 1 heterocycles. The third kappa shape index (κ3) is 2.89. The van der Waals surface area contributed by atoms with Gasteiger partial charge in [-0.05, 0) is 37.3 Å². The smallest absolute Gasteiger partial charge is 0.339 e. The van der Waals surface area contributed by atoms with Crippen molar-refractivity contribution in [2.24, 2.45) is 0 Å². The molecule has 0 spiro atoms. The molecule has 0 bridgehead atoms. The first-order valence-electron chi connectivity index (χ1n) is 8.16. The van der Waals surface area contributed by atoms with E-state index < -0.39 is 21.7 Å². The summed E-state index contributed by atoms with van der Waals surface area (Å²) in [4.78, 5) is 29.6. The predicted molar refractivity (Wildman–Crippen MR) is 102 cm³/mol. The van der Waals surface area contributed by atoms with Gasteiger partial charge in [-0.25, -0.2) is 0 Å². The fourth-order valence-electron chi connectivity index (χ4n) is 2.99. The van der Waals surface area contributed by atoms with E-state index in [4.69, 9.17) is 15.8 Å². The fraction of sp³-hybridized carbons (Fsp3) is 0.0500. The maximum atomic E-state index is 13.0. The number of nitrogens with zero attached hydrogens (tertiary/aromatic N) is 1. The van der Waals surface area contributed by atoms with Crippen molar-refractivity contribution in [2.75, 3.05) is 0 Å². The fourth-order valence-corrected chi connectivity index (χ4v) is 4.17. The molecule has 8 heteroatoms. The van der Waals surface area contributed by atoms with Crippen molar-refractivity contribution in [1.82, 2.24) is 4.98 Å². The quantitative estimate of drug-likeness (QED) is 0.477. The minimum Gasteiger partial charge on any atom is -0.378 e. The number of benzene rings is 2. The molecule has 0 unspecified atom stereocenters. The van der Waals surface area contributed by atoms with Crippen molar-refractivity contribution in [3.05, 3.63) is 87.7 Å². The van der Waals surface area contributed by atoms with Gasteiger partial charge in [0.15, 0.2) is 17.3 Å². The summed E-state index contributed by atoms with van der Waals surface area (Å²) in [7, 11) is -4.21. The number of ketones is 2. The Labute approximate surface area is 165 Å². The summed E-state index contributed by atoms with van der Waals surface area (Å²) in [6.45, 7) is 1.82. The number of carbonyl (C=O) groups is 2. The summed E-state index contributed by atoms with van der Waals surface area (Å²) in [5, 5.41) is 0.0305. The summed E-state index contributed by atoms with van der Waals surface area (Å²) < 4.78 is 30.6. The molecule has 0 saturated carbocycles. The van der Waals surface area contributed by atoms with Gasteiger partial charge in [0.05, 0.1) is 21.7 Å². The molecule has 28 heavy (non-hydrogen) atoms. The number of hydrogen-bond donors (Lipinski definition) is 0. The second-order valence-corrected chi connectivity index (χ2v) is 8.18. The molecule has 2 aromatic carbocycles. The Morgan fingerprint density at radius 1 is 0.893 bits per heavy atom. The van der Waals surface area contributed by atoms with E-state index in [-0.39, 0.29) is 37.9 Å². The van der Waals surface area contributed by atoms with Crippen molar-refractivity contribution >= 4 is 33.3 Å². The van der Waals surface area contributed by atoms with Crippen molar-refractivity contribution in [3.63, 3.8) is 0 Å². The molecule has 6 nitrogen and oxygen atoms in total. The molecule has 3 aromatic rings. The van der Waals surface area contributed by atoms with E-state index >= 15 is 0 Å². The molecule has 0 N–H and O–H groups in total. The van der Waals surface area contributed by atoms with Crippen LogP contribution < -0.4 is 4.18 Å². The van der Waals surface area contributed by atoms with Crippen LogP contribution in [0.1, 0.15) is 37.4 Å². The van der Waals surface area contributed by atoms with Gasteiger partial charge in [-0.3, -0.25) is 14.6 Å². The van der Waals surface area contributed by atoms with E-state index in [2.05, 4.69) is 4.98 Å². The van der Waals surface area contributed by atoms with Gasteiger partial charge < -0.3 is 4.18 Å². The third-order valence-corrected chi connectivity index (χ3v) is 5.95. The Balaban J connectivity index is 1.86. The second-order valence-electron chi connectivity index (χ2n) is 6.23. The highest BCUT2D eigenvalue weighted by Crippen LogP contribution is 2.38. The van der Waals surface area contributed by atoms with Gasteiger partial charge in [0.1, 0.15) is 4.90 Å². The van der Waals surface area contributed by atoms with E-state index in [1.165, 1.54) is 42.7 Å². The maximum Gasteiger partial charge on any atom is 0.339 e. The minimum absolute atomic E-state index is 0.0305. The van der Waals surface area contributed by atoms with Gasteiger partial charge in [-0.15, -0.1) is 0 Å². The lowest BCUT2D eigenvalue weighted by Crippen LogP contribution is -2.23. The Kier molecular flexibility index (Phi) is 4.28. The molecule has 1 aliphatic rings. The Bertz CT molecular complexity index is 1250. The van der Waals surface area contributed by atoms with Crippen LogP contribution in [0.5, 0.6) is 5.75 Å². The number of aromatic nitrogens is 1. The number of hydrogen-bond acceptors (Lipinski definition) is 6. The van der Waals surface area contributed by atoms with E-state index in [1.807, 2.05) is 6.92 Å². The number of fused-ring (bicyclic) bond motifs is 2. The number of carbonyl (C=O) groups excluding carboxylic acids is 2. The number of rotatable bonds is 3. The molecule has 0 fully saturated rings. The van der Waals surface area contributed by atoms with E-state index in [0.29, 0.717) is 0 Å². The topological polar surface area (TPSA) is 90.4 Å². The molecule has 4 rings (SSSR count). The molecule has 0 aliphatic heterocycles. The zero-order valence-corrected chi connectivity index (χ0v) is 16.0. The normalized spacial score (nSPS) is 13.1. The zero-order valence-electron chi connectivity index (χ0n) is 14.5. The Morgan fingerprint density at radius 3 is 2.29 bits per heavy atom. The first-order valence-corrected chi connectivity index (χ1v) is 9.95. The average molecular weight is 414 g/mol. The van der Waals surface area contributed by atoms with Crippen LogP contribution in [0.3, 0.4) is 0 Å². The molecule has 1 aromatic heterocycles. The zero-order chi connectivity index (χ0) is 20.1. The van der Waals surface area contributed by atoms with Crippen LogP contribution in [0.25, 0.3) is 0 Å². The predicted octanol–water partition coefficient (Wildman–Crippen LogP) is 3.59. The van der Waals surface area contributed by atoms with Crippen molar-refractivity contribution < 1.29 is 22.2 Å². The standard InChI is InChI=1S/C20H12ClNO5S/c1-11-2-4-12(5-3-11)28(25,26)27-16-7-6-15(21)17-18(16)19(23)13-8-9-22-10-14(13)20(17)24/h2-10H,1H3. The molecule has 0 saturated heterocycles. The molecule has 0 radical (unpaired) electrons. The lowest BCUT2D eigenvalue weighted by molar-refractivity contribution is 0.0977. The van der Waals surface area contributed by atoms with Crippen LogP contribution in [0.4, 0.5) is 0 Å². The highest BCUT2D eigenvalue weighted by molar-refractivity contribution is 7.87. The van der Waals surface area contributed by atoms with Gasteiger partial charge in [-0.1, -0.05) is 29.3 Å². The Morgan fingerprint density at radius 2 is 1.57 bits per heavy atom.